The molecule has 0 aliphatic carbocycles. The van der Waals surface area contributed by atoms with Gasteiger partial charge in [0.2, 0.25) is 0 Å². The van der Waals surface area contributed by atoms with Crippen molar-refractivity contribution in [1.82, 2.24) is 9.88 Å². The molecule has 2 heterocycles. The maximum absolute atomic E-state index is 13.6. The van der Waals surface area contributed by atoms with Crippen molar-refractivity contribution in [3.8, 4) is 0 Å². The molecule has 0 radical (unpaired) electrons. The van der Waals surface area contributed by atoms with E-state index in [1.807, 2.05) is 0 Å². The summed E-state index contributed by atoms with van der Waals surface area (Å²) in [5, 5.41) is 2.85. The lowest BCUT2D eigenvalue weighted by atomic mass is 10.0. The number of aromatic nitrogens is 1. The molecular weight excluding hydrogens is 376 g/mol. The molecular formula is C22H15F2N3O2. The first-order valence-corrected chi connectivity index (χ1v) is 8.82. The highest BCUT2D eigenvalue weighted by molar-refractivity contribution is 6.36. The Morgan fingerprint density at radius 3 is 2.34 bits per heavy atom. The van der Waals surface area contributed by atoms with E-state index in [-0.39, 0.29) is 17.8 Å². The van der Waals surface area contributed by atoms with Crippen LogP contribution in [0.3, 0.4) is 0 Å². The molecule has 1 aliphatic rings. The summed E-state index contributed by atoms with van der Waals surface area (Å²) in [7, 11) is 0. The highest BCUT2D eigenvalue weighted by Gasteiger charge is 2.39. The van der Waals surface area contributed by atoms with E-state index < -0.39 is 23.4 Å². The van der Waals surface area contributed by atoms with Gasteiger partial charge in [0.1, 0.15) is 17.3 Å². The van der Waals surface area contributed by atoms with Gasteiger partial charge in [0, 0.05) is 11.9 Å². The molecule has 0 fully saturated rings. The molecule has 144 valence electrons. The largest absolute Gasteiger partial charge is 0.350 e. The number of amides is 2. The van der Waals surface area contributed by atoms with Crippen molar-refractivity contribution in [3.63, 3.8) is 0 Å². The van der Waals surface area contributed by atoms with Crippen LogP contribution in [0.1, 0.15) is 11.3 Å². The quantitative estimate of drug-likeness (QED) is 0.673. The molecule has 29 heavy (non-hydrogen) atoms. The van der Waals surface area contributed by atoms with Gasteiger partial charge in [-0.25, -0.2) is 8.78 Å². The van der Waals surface area contributed by atoms with Crippen LogP contribution in [-0.4, -0.2) is 21.7 Å². The number of carbonyl (C=O) groups excluding carboxylic acids is 2. The van der Waals surface area contributed by atoms with Crippen LogP contribution in [0.15, 0.2) is 78.6 Å². The molecule has 7 heteroatoms. The van der Waals surface area contributed by atoms with Crippen LogP contribution in [0.25, 0.3) is 5.57 Å². The number of carbonyl (C=O) groups is 2. The fourth-order valence-electron chi connectivity index (χ4n) is 3.08. The lowest BCUT2D eigenvalue weighted by Crippen LogP contribution is -2.32. The van der Waals surface area contributed by atoms with Gasteiger partial charge in [-0.1, -0.05) is 24.3 Å². The van der Waals surface area contributed by atoms with Crippen molar-refractivity contribution < 1.29 is 18.4 Å². The van der Waals surface area contributed by atoms with Crippen molar-refractivity contribution in [3.05, 3.63) is 102 Å². The fraction of sp³-hybridized carbons (Fsp3) is 0.0455. The number of nitrogens with zero attached hydrogens (tertiary/aromatic N) is 2. The Labute approximate surface area is 165 Å². The Hall–Kier alpha value is -3.87. The first kappa shape index (κ1) is 18.5. The van der Waals surface area contributed by atoms with Crippen LogP contribution in [0.4, 0.5) is 14.5 Å². The number of anilines is 1. The van der Waals surface area contributed by atoms with Crippen LogP contribution < -0.4 is 5.32 Å². The predicted molar refractivity (Wildman–Crippen MR) is 103 cm³/mol. The number of rotatable bonds is 5. The van der Waals surface area contributed by atoms with E-state index in [1.165, 1.54) is 42.5 Å². The molecule has 2 aromatic carbocycles. The maximum atomic E-state index is 13.6. The minimum atomic E-state index is -0.566. The molecule has 4 rings (SSSR count). The van der Waals surface area contributed by atoms with Gasteiger partial charge in [-0.2, -0.15) is 0 Å². The van der Waals surface area contributed by atoms with Crippen molar-refractivity contribution in [2.24, 2.45) is 0 Å². The summed E-state index contributed by atoms with van der Waals surface area (Å²) in [5.41, 5.74) is 1.34. The zero-order valence-corrected chi connectivity index (χ0v) is 15.1. The van der Waals surface area contributed by atoms with E-state index in [2.05, 4.69) is 10.3 Å². The Balaban J connectivity index is 1.75. The van der Waals surface area contributed by atoms with Crippen LogP contribution >= 0.6 is 0 Å². The number of hydrogen-bond acceptors (Lipinski definition) is 4. The number of nitrogens with one attached hydrogen (secondary N) is 1. The Morgan fingerprint density at radius 2 is 1.66 bits per heavy atom. The summed E-state index contributed by atoms with van der Waals surface area (Å²) < 4.78 is 26.9. The van der Waals surface area contributed by atoms with E-state index in [1.54, 1.807) is 30.5 Å². The summed E-state index contributed by atoms with van der Waals surface area (Å²) in [4.78, 5) is 31.3. The molecule has 1 aliphatic heterocycles. The van der Waals surface area contributed by atoms with E-state index in [0.717, 1.165) is 4.90 Å². The Bertz CT molecular complexity index is 1110. The molecule has 0 saturated heterocycles. The molecule has 0 bridgehead atoms. The first-order chi connectivity index (χ1) is 14.0. The zero-order valence-electron chi connectivity index (χ0n) is 15.1. The molecule has 0 spiro atoms. The summed E-state index contributed by atoms with van der Waals surface area (Å²) in [6.45, 7) is -0.0163. The summed E-state index contributed by atoms with van der Waals surface area (Å²) in [6.07, 6.45) is 1.57. The molecule has 0 saturated carbocycles. The van der Waals surface area contributed by atoms with Gasteiger partial charge in [0.15, 0.2) is 0 Å². The number of halogens is 2. The fourth-order valence-corrected chi connectivity index (χ4v) is 3.08. The standard InChI is InChI=1S/C22H15F2N3O2/c23-15-9-7-14(8-10-15)19-20(26-17-6-3-4-16(24)12-17)22(29)27(21(19)28)13-18-5-1-2-11-25-18/h1-12,26H,13H2. The molecule has 1 N–H and O–H groups in total. The normalized spacial score (nSPS) is 13.9. The maximum Gasteiger partial charge on any atom is 0.278 e. The second-order valence-electron chi connectivity index (χ2n) is 6.41. The smallest absolute Gasteiger partial charge is 0.278 e. The van der Waals surface area contributed by atoms with Crippen molar-refractivity contribution in [2.75, 3.05) is 5.32 Å². The molecule has 3 aromatic rings. The Kier molecular flexibility index (Phi) is 4.87. The zero-order chi connectivity index (χ0) is 20.4. The molecule has 1 aromatic heterocycles. The second-order valence-corrected chi connectivity index (χ2v) is 6.41. The lowest BCUT2D eigenvalue weighted by Gasteiger charge is -2.14. The molecule has 0 unspecified atom stereocenters. The topological polar surface area (TPSA) is 62.3 Å². The average Bonchev–Trinajstić information content (AvgIpc) is 2.94. The number of benzene rings is 2. The van der Waals surface area contributed by atoms with E-state index >= 15 is 0 Å². The minimum absolute atomic E-state index is 0.00291. The second kappa shape index (κ2) is 7.63. The first-order valence-electron chi connectivity index (χ1n) is 8.82. The van der Waals surface area contributed by atoms with Crippen LogP contribution in [0, 0.1) is 11.6 Å². The monoisotopic (exact) mass is 391 g/mol. The molecule has 5 nitrogen and oxygen atoms in total. The van der Waals surface area contributed by atoms with Crippen molar-refractivity contribution in [1.29, 1.82) is 0 Å². The van der Waals surface area contributed by atoms with Gasteiger partial charge in [-0.05, 0) is 48.0 Å². The third-order valence-corrected chi connectivity index (χ3v) is 4.44. The molecule has 0 atom stereocenters. The average molecular weight is 391 g/mol. The third-order valence-electron chi connectivity index (χ3n) is 4.44. The summed E-state index contributed by atoms with van der Waals surface area (Å²) >= 11 is 0. The van der Waals surface area contributed by atoms with E-state index in [4.69, 9.17) is 0 Å². The SMILES string of the molecule is O=C1C(Nc2cccc(F)c2)=C(c2ccc(F)cc2)C(=O)N1Cc1ccccn1. The van der Waals surface area contributed by atoms with E-state index in [0.29, 0.717) is 16.9 Å². The van der Waals surface area contributed by atoms with E-state index in [9.17, 15) is 18.4 Å². The van der Waals surface area contributed by atoms with Gasteiger partial charge < -0.3 is 5.32 Å². The number of pyridine rings is 1. The summed E-state index contributed by atoms with van der Waals surface area (Å²) in [5.74, 6) is -2.05. The summed E-state index contributed by atoms with van der Waals surface area (Å²) in [6, 6.07) is 16.0. The van der Waals surface area contributed by atoms with Crippen LogP contribution in [-0.2, 0) is 16.1 Å². The third kappa shape index (κ3) is 3.75. The lowest BCUT2D eigenvalue weighted by molar-refractivity contribution is -0.137. The number of hydrogen-bond donors (Lipinski definition) is 1. The van der Waals surface area contributed by atoms with Crippen molar-refractivity contribution in [2.45, 2.75) is 6.54 Å². The predicted octanol–water partition coefficient (Wildman–Crippen LogP) is 3.75. The molecule has 2 amide bonds. The Morgan fingerprint density at radius 1 is 0.862 bits per heavy atom. The van der Waals surface area contributed by atoms with Gasteiger partial charge in [-0.15, -0.1) is 0 Å². The van der Waals surface area contributed by atoms with Gasteiger partial charge in [-0.3, -0.25) is 19.5 Å². The van der Waals surface area contributed by atoms with Crippen LogP contribution in [0.5, 0.6) is 0 Å². The van der Waals surface area contributed by atoms with Crippen LogP contribution in [0.2, 0.25) is 0 Å². The highest BCUT2D eigenvalue weighted by Crippen LogP contribution is 2.31. The highest BCUT2D eigenvalue weighted by atomic mass is 19.1. The van der Waals surface area contributed by atoms with Crippen molar-refractivity contribution >= 4 is 23.1 Å². The number of imide groups is 1. The van der Waals surface area contributed by atoms with Gasteiger partial charge in [0.05, 0.1) is 17.8 Å². The van der Waals surface area contributed by atoms with Gasteiger partial charge in [0.25, 0.3) is 11.8 Å². The minimum Gasteiger partial charge on any atom is -0.350 e. The van der Waals surface area contributed by atoms with Gasteiger partial charge >= 0.3 is 0 Å².